The fourth-order valence-corrected chi connectivity index (χ4v) is 5.20. The first kappa shape index (κ1) is 18.6. The van der Waals surface area contributed by atoms with Crippen LogP contribution in [0.5, 0.6) is 0 Å². The number of carbonyl (C=O) groups excluding carboxylic acids is 4. The van der Waals surface area contributed by atoms with Gasteiger partial charge in [0.25, 0.3) is 5.91 Å². The third-order valence-electron chi connectivity index (χ3n) is 4.85. The van der Waals surface area contributed by atoms with Gasteiger partial charge in [-0.2, -0.15) is 0 Å². The summed E-state index contributed by atoms with van der Waals surface area (Å²) < 4.78 is 27.5. The molecular formula is C16H20N2O7S. The fraction of sp³-hybridized carbons (Fsp3) is 0.625. The Morgan fingerprint density at radius 1 is 1.15 bits per heavy atom. The molecule has 3 atom stereocenters. The number of imide groups is 1. The van der Waals surface area contributed by atoms with Crippen molar-refractivity contribution in [2.75, 3.05) is 24.7 Å². The SMILES string of the molecule is O=C(COC(=O)CN1C(=O)[C@H]2CC=CC[C@H]2C1=O)N[C@H]1CCS(=O)(=O)C1. The number of allylic oxidation sites excluding steroid dienone is 2. The first-order valence-corrected chi connectivity index (χ1v) is 10.2. The fourth-order valence-electron chi connectivity index (χ4n) is 3.52. The lowest BCUT2D eigenvalue weighted by Gasteiger charge is -2.14. The predicted molar refractivity (Wildman–Crippen MR) is 88.2 cm³/mol. The molecule has 1 aliphatic carbocycles. The van der Waals surface area contributed by atoms with Gasteiger partial charge in [-0.1, -0.05) is 12.2 Å². The highest BCUT2D eigenvalue weighted by atomic mass is 32.2. The molecule has 9 nitrogen and oxygen atoms in total. The molecule has 0 bridgehead atoms. The summed E-state index contributed by atoms with van der Waals surface area (Å²) in [4.78, 5) is 49.0. The van der Waals surface area contributed by atoms with Crippen LogP contribution in [0.15, 0.2) is 12.2 Å². The van der Waals surface area contributed by atoms with Gasteiger partial charge >= 0.3 is 5.97 Å². The van der Waals surface area contributed by atoms with Gasteiger partial charge in [0.05, 0.1) is 23.3 Å². The maximum Gasteiger partial charge on any atom is 0.326 e. The molecule has 0 aromatic heterocycles. The van der Waals surface area contributed by atoms with Crippen LogP contribution in [0.1, 0.15) is 19.3 Å². The van der Waals surface area contributed by atoms with Crippen molar-refractivity contribution < 1.29 is 32.3 Å². The number of hydrogen-bond acceptors (Lipinski definition) is 7. The molecule has 2 aliphatic heterocycles. The molecule has 3 amide bonds. The van der Waals surface area contributed by atoms with Crippen molar-refractivity contribution in [1.82, 2.24) is 10.2 Å². The number of esters is 1. The van der Waals surface area contributed by atoms with Crippen molar-refractivity contribution in [2.24, 2.45) is 11.8 Å². The van der Waals surface area contributed by atoms with E-state index in [9.17, 15) is 27.6 Å². The van der Waals surface area contributed by atoms with Gasteiger partial charge in [0.15, 0.2) is 16.4 Å². The van der Waals surface area contributed by atoms with Crippen molar-refractivity contribution in [3.8, 4) is 0 Å². The summed E-state index contributed by atoms with van der Waals surface area (Å²) in [5, 5.41) is 2.49. The number of hydrogen-bond donors (Lipinski definition) is 1. The van der Waals surface area contributed by atoms with E-state index in [2.05, 4.69) is 5.32 Å². The van der Waals surface area contributed by atoms with E-state index in [4.69, 9.17) is 4.74 Å². The zero-order chi connectivity index (χ0) is 18.9. The number of nitrogens with zero attached hydrogens (tertiary/aromatic N) is 1. The molecule has 2 saturated heterocycles. The molecule has 0 aromatic carbocycles. The second-order valence-electron chi connectivity index (χ2n) is 6.75. The van der Waals surface area contributed by atoms with Crippen LogP contribution in [0.2, 0.25) is 0 Å². The monoisotopic (exact) mass is 384 g/mol. The summed E-state index contributed by atoms with van der Waals surface area (Å²) in [6.07, 6.45) is 4.99. The zero-order valence-electron chi connectivity index (χ0n) is 14.0. The Labute approximate surface area is 150 Å². The number of rotatable bonds is 5. The standard InChI is InChI=1S/C16H20N2O7S/c19-13(17-10-5-6-26(23,24)9-10)8-25-14(20)7-18-15(21)11-3-1-2-4-12(11)16(18)22/h1-2,10-12H,3-9H2,(H,17,19)/t10-,11-,12+/m0/s1. The number of ether oxygens (including phenoxy) is 1. The number of nitrogens with one attached hydrogen (secondary N) is 1. The van der Waals surface area contributed by atoms with E-state index in [0.717, 1.165) is 4.90 Å². The number of amides is 3. The van der Waals surface area contributed by atoms with E-state index in [-0.39, 0.29) is 23.3 Å². The Morgan fingerprint density at radius 3 is 2.31 bits per heavy atom. The number of fused-ring (bicyclic) bond motifs is 1. The van der Waals surface area contributed by atoms with Crippen molar-refractivity contribution >= 4 is 33.5 Å². The van der Waals surface area contributed by atoms with Crippen LogP contribution in [-0.4, -0.2) is 67.7 Å². The van der Waals surface area contributed by atoms with Gasteiger partial charge in [0.2, 0.25) is 11.8 Å². The zero-order valence-corrected chi connectivity index (χ0v) is 14.9. The molecule has 10 heteroatoms. The minimum Gasteiger partial charge on any atom is -0.454 e. The Hall–Kier alpha value is -2.23. The van der Waals surface area contributed by atoms with Gasteiger partial charge in [0, 0.05) is 6.04 Å². The van der Waals surface area contributed by atoms with Crippen LogP contribution >= 0.6 is 0 Å². The number of likely N-dealkylation sites (tertiary alicyclic amines) is 1. The molecule has 0 aromatic rings. The smallest absolute Gasteiger partial charge is 0.326 e. The molecule has 26 heavy (non-hydrogen) atoms. The number of sulfone groups is 1. The minimum atomic E-state index is -3.12. The van der Waals surface area contributed by atoms with Crippen molar-refractivity contribution in [3.05, 3.63) is 12.2 Å². The molecule has 3 rings (SSSR count). The van der Waals surface area contributed by atoms with Crippen LogP contribution in [0.4, 0.5) is 0 Å². The van der Waals surface area contributed by atoms with Crippen molar-refractivity contribution in [1.29, 1.82) is 0 Å². The van der Waals surface area contributed by atoms with Gasteiger partial charge in [-0.05, 0) is 19.3 Å². The average Bonchev–Trinajstić information content (AvgIpc) is 3.05. The van der Waals surface area contributed by atoms with E-state index >= 15 is 0 Å². The molecule has 142 valence electrons. The highest BCUT2D eigenvalue weighted by Gasteiger charge is 2.47. The van der Waals surface area contributed by atoms with Crippen LogP contribution in [0.3, 0.4) is 0 Å². The van der Waals surface area contributed by atoms with Gasteiger partial charge in [-0.25, -0.2) is 8.42 Å². The maximum absolute atomic E-state index is 12.2. The van der Waals surface area contributed by atoms with Crippen LogP contribution in [0, 0.1) is 11.8 Å². The lowest BCUT2D eigenvalue weighted by atomic mass is 9.85. The predicted octanol–water partition coefficient (Wildman–Crippen LogP) is -1.22. The van der Waals surface area contributed by atoms with E-state index in [1.54, 1.807) is 0 Å². The van der Waals surface area contributed by atoms with Crippen LogP contribution in [-0.2, 0) is 33.8 Å². The molecule has 0 radical (unpaired) electrons. The average molecular weight is 384 g/mol. The lowest BCUT2D eigenvalue weighted by molar-refractivity contribution is -0.155. The third-order valence-corrected chi connectivity index (χ3v) is 6.62. The molecule has 3 aliphatic rings. The van der Waals surface area contributed by atoms with Crippen molar-refractivity contribution in [2.45, 2.75) is 25.3 Å². The third kappa shape index (κ3) is 3.95. The van der Waals surface area contributed by atoms with E-state index < -0.39 is 52.7 Å². The van der Waals surface area contributed by atoms with E-state index in [0.29, 0.717) is 19.3 Å². The summed E-state index contributed by atoms with van der Waals surface area (Å²) in [6, 6.07) is -0.483. The highest BCUT2D eigenvalue weighted by Crippen LogP contribution is 2.34. The van der Waals surface area contributed by atoms with Crippen molar-refractivity contribution in [3.63, 3.8) is 0 Å². The molecule has 0 unspecified atom stereocenters. The Morgan fingerprint density at radius 2 is 1.77 bits per heavy atom. The summed E-state index contributed by atoms with van der Waals surface area (Å²) >= 11 is 0. The Balaban J connectivity index is 1.45. The van der Waals surface area contributed by atoms with Gasteiger partial charge < -0.3 is 10.1 Å². The lowest BCUT2D eigenvalue weighted by Crippen LogP contribution is -2.40. The van der Waals surface area contributed by atoms with Gasteiger partial charge in [-0.3, -0.25) is 24.1 Å². The largest absolute Gasteiger partial charge is 0.454 e. The normalized spacial score (nSPS) is 29.5. The Kier molecular flexibility index (Phi) is 5.12. The first-order valence-electron chi connectivity index (χ1n) is 8.42. The van der Waals surface area contributed by atoms with Crippen LogP contribution < -0.4 is 5.32 Å². The summed E-state index contributed by atoms with van der Waals surface area (Å²) in [5.74, 6) is -3.19. The van der Waals surface area contributed by atoms with E-state index in [1.807, 2.05) is 12.2 Å². The van der Waals surface area contributed by atoms with Gasteiger partial charge in [-0.15, -0.1) is 0 Å². The van der Waals surface area contributed by atoms with E-state index in [1.165, 1.54) is 0 Å². The molecule has 1 N–H and O–H groups in total. The second-order valence-corrected chi connectivity index (χ2v) is 8.98. The highest BCUT2D eigenvalue weighted by molar-refractivity contribution is 7.91. The minimum absolute atomic E-state index is 0.0219. The molecule has 0 saturated carbocycles. The maximum atomic E-state index is 12.2. The molecule has 2 fully saturated rings. The molecule has 2 heterocycles. The summed E-state index contributed by atoms with van der Waals surface area (Å²) in [5.41, 5.74) is 0. The summed E-state index contributed by atoms with van der Waals surface area (Å²) in [7, 11) is -3.12. The molecular weight excluding hydrogens is 364 g/mol. The van der Waals surface area contributed by atoms with Crippen LogP contribution in [0.25, 0.3) is 0 Å². The topological polar surface area (TPSA) is 127 Å². The van der Waals surface area contributed by atoms with Gasteiger partial charge in [0.1, 0.15) is 6.54 Å². The molecule has 0 spiro atoms. The first-order chi connectivity index (χ1) is 12.3. The quantitative estimate of drug-likeness (QED) is 0.358. The number of carbonyl (C=O) groups is 4. The summed E-state index contributed by atoms with van der Waals surface area (Å²) in [6.45, 7) is -1.10. The second kappa shape index (κ2) is 7.18. The Bertz CT molecular complexity index is 747.